The Morgan fingerprint density at radius 2 is 1.50 bits per heavy atom. The number of carbonyl (C=O) groups is 1. The highest BCUT2D eigenvalue weighted by atomic mass is 16.6. The Morgan fingerprint density at radius 3 is 2.03 bits per heavy atom. The molecule has 32 heavy (non-hydrogen) atoms. The lowest BCUT2D eigenvalue weighted by Gasteiger charge is -2.23. The second-order valence-electron chi connectivity index (χ2n) is 7.07. The molecule has 0 bridgehead atoms. The number of hydrogen-bond donors (Lipinski definition) is 0. The van der Waals surface area contributed by atoms with Gasteiger partial charge in [-0.05, 0) is 62.4 Å². The number of esters is 1. The predicted molar refractivity (Wildman–Crippen MR) is 123 cm³/mol. The molecule has 0 fully saturated rings. The Bertz CT molecular complexity index is 1080. The first-order valence-electron chi connectivity index (χ1n) is 10.2. The predicted octanol–water partition coefficient (Wildman–Crippen LogP) is 6.00. The zero-order chi connectivity index (χ0) is 22.9. The monoisotopic (exact) mass is 432 g/mol. The minimum absolute atomic E-state index is 0.0116. The highest BCUT2D eigenvalue weighted by Gasteiger charge is 2.09. The molecule has 0 atom stereocenters. The van der Waals surface area contributed by atoms with E-state index in [0.717, 1.165) is 17.8 Å². The van der Waals surface area contributed by atoms with Gasteiger partial charge in [0.05, 0.1) is 28.4 Å². The molecule has 0 aliphatic rings. The molecule has 0 amide bonds. The zero-order valence-electron chi connectivity index (χ0n) is 18.0. The minimum Gasteiger partial charge on any atom is -0.460 e. The SMILES string of the molecule is CCN(CCOC(=O)c1ccc(C)cc1)c1ccc(/N=N/c2ccc([N+](=O)[O-])cc2)cc1. The van der Waals surface area contributed by atoms with Crippen LogP contribution >= 0.6 is 0 Å². The number of nitro benzene ring substituents is 1. The number of non-ortho nitro benzene ring substituents is 1. The van der Waals surface area contributed by atoms with Crippen LogP contribution < -0.4 is 4.90 Å². The van der Waals surface area contributed by atoms with Crippen LogP contribution in [-0.4, -0.2) is 30.6 Å². The fraction of sp³-hybridized carbons (Fsp3) is 0.208. The maximum absolute atomic E-state index is 12.2. The number of ether oxygens (including phenoxy) is 1. The largest absolute Gasteiger partial charge is 0.460 e. The summed E-state index contributed by atoms with van der Waals surface area (Å²) in [6.45, 7) is 5.60. The van der Waals surface area contributed by atoms with Gasteiger partial charge in [0.25, 0.3) is 5.69 Å². The van der Waals surface area contributed by atoms with Gasteiger partial charge < -0.3 is 9.64 Å². The molecule has 0 saturated heterocycles. The van der Waals surface area contributed by atoms with Crippen molar-refractivity contribution in [1.82, 2.24) is 0 Å². The van der Waals surface area contributed by atoms with E-state index in [1.54, 1.807) is 24.3 Å². The molecule has 0 radical (unpaired) electrons. The van der Waals surface area contributed by atoms with E-state index in [9.17, 15) is 14.9 Å². The van der Waals surface area contributed by atoms with E-state index in [1.165, 1.54) is 12.1 Å². The van der Waals surface area contributed by atoms with Gasteiger partial charge in [0.1, 0.15) is 6.61 Å². The third kappa shape index (κ3) is 6.21. The van der Waals surface area contributed by atoms with Gasteiger partial charge in [0, 0.05) is 24.4 Å². The molecule has 0 aliphatic heterocycles. The molecular weight excluding hydrogens is 408 g/mol. The topological polar surface area (TPSA) is 97.4 Å². The van der Waals surface area contributed by atoms with E-state index in [2.05, 4.69) is 15.1 Å². The first-order valence-corrected chi connectivity index (χ1v) is 10.2. The molecule has 0 spiro atoms. The fourth-order valence-corrected chi connectivity index (χ4v) is 2.98. The van der Waals surface area contributed by atoms with Crippen molar-refractivity contribution in [1.29, 1.82) is 0 Å². The van der Waals surface area contributed by atoms with Crippen molar-refractivity contribution in [3.8, 4) is 0 Å². The smallest absolute Gasteiger partial charge is 0.338 e. The van der Waals surface area contributed by atoms with Crippen LogP contribution in [0.15, 0.2) is 83.0 Å². The normalized spacial score (nSPS) is 10.8. The van der Waals surface area contributed by atoms with Crippen LogP contribution in [0.3, 0.4) is 0 Å². The average Bonchev–Trinajstić information content (AvgIpc) is 2.81. The van der Waals surface area contributed by atoms with E-state index in [1.807, 2.05) is 50.2 Å². The summed E-state index contributed by atoms with van der Waals surface area (Å²) < 4.78 is 5.40. The Kier molecular flexibility index (Phi) is 7.64. The number of azo groups is 1. The van der Waals surface area contributed by atoms with Gasteiger partial charge in [0.15, 0.2) is 0 Å². The summed E-state index contributed by atoms with van der Waals surface area (Å²) >= 11 is 0. The fourth-order valence-electron chi connectivity index (χ4n) is 2.98. The summed E-state index contributed by atoms with van der Waals surface area (Å²) in [5, 5.41) is 19.0. The van der Waals surface area contributed by atoms with Crippen molar-refractivity contribution in [2.24, 2.45) is 10.2 Å². The van der Waals surface area contributed by atoms with Crippen LogP contribution in [0.4, 0.5) is 22.7 Å². The van der Waals surface area contributed by atoms with Crippen LogP contribution in [0.25, 0.3) is 0 Å². The zero-order valence-corrected chi connectivity index (χ0v) is 18.0. The number of aryl methyl sites for hydroxylation is 1. The lowest BCUT2D eigenvalue weighted by molar-refractivity contribution is -0.384. The average molecular weight is 432 g/mol. The third-order valence-electron chi connectivity index (χ3n) is 4.82. The van der Waals surface area contributed by atoms with Gasteiger partial charge in [-0.15, -0.1) is 0 Å². The Labute approximate surface area is 186 Å². The molecule has 3 rings (SSSR count). The minimum atomic E-state index is -0.456. The van der Waals surface area contributed by atoms with Crippen molar-refractivity contribution >= 4 is 28.7 Å². The molecule has 0 aliphatic carbocycles. The van der Waals surface area contributed by atoms with Crippen LogP contribution in [0.1, 0.15) is 22.8 Å². The lowest BCUT2D eigenvalue weighted by Crippen LogP contribution is -2.27. The van der Waals surface area contributed by atoms with Crippen molar-refractivity contribution in [3.05, 3.63) is 94.0 Å². The van der Waals surface area contributed by atoms with E-state index in [4.69, 9.17) is 4.74 Å². The van der Waals surface area contributed by atoms with Crippen molar-refractivity contribution in [2.75, 3.05) is 24.6 Å². The van der Waals surface area contributed by atoms with Gasteiger partial charge in [-0.2, -0.15) is 10.2 Å². The van der Waals surface area contributed by atoms with Gasteiger partial charge >= 0.3 is 5.97 Å². The maximum atomic E-state index is 12.2. The molecular formula is C24H24N4O4. The Hall–Kier alpha value is -4.07. The molecule has 8 heteroatoms. The first-order chi connectivity index (χ1) is 15.5. The van der Waals surface area contributed by atoms with E-state index in [0.29, 0.717) is 23.5 Å². The van der Waals surface area contributed by atoms with Crippen LogP contribution in [-0.2, 0) is 4.74 Å². The van der Waals surface area contributed by atoms with E-state index >= 15 is 0 Å². The van der Waals surface area contributed by atoms with Crippen LogP contribution in [0.5, 0.6) is 0 Å². The number of nitro groups is 1. The van der Waals surface area contributed by atoms with E-state index in [-0.39, 0.29) is 18.3 Å². The molecule has 0 heterocycles. The van der Waals surface area contributed by atoms with Crippen molar-refractivity contribution in [3.63, 3.8) is 0 Å². The van der Waals surface area contributed by atoms with Crippen molar-refractivity contribution in [2.45, 2.75) is 13.8 Å². The molecule has 3 aromatic rings. The van der Waals surface area contributed by atoms with Gasteiger partial charge in [-0.3, -0.25) is 10.1 Å². The summed E-state index contributed by atoms with van der Waals surface area (Å²) in [7, 11) is 0. The standard InChI is InChI=1S/C24H24N4O4/c1-3-27(16-17-32-24(29)19-6-4-18(2)5-7-19)22-12-8-20(9-13-22)25-26-21-10-14-23(15-11-21)28(30)31/h4-15H,3,16-17H2,1-2H3/b26-25+. The number of rotatable bonds is 9. The Morgan fingerprint density at radius 1 is 0.938 bits per heavy atom. The molecule has 0 unspecified atom stereocenters. The second kappa shape index (κ2) is 10.8. The summed E-state index contributed by atoms with van der Waals surface area (Å²) in [4.78, 5) is 24.5. The highest BCUT2D eigenvalue weighted by Crippen LogP contribution is 2.23. The third-order valence-corrected chi connectivity index (χ3v) is 4.82. The Balaban J connectivity index is 1.54. The number of nitrogens with zero attached hydrogens (tertiary/aromatic N) is 4. The number of hydrogen-bond acceptors (Lipinski definition) is 7. The number of carbonyl (C=O) groups excluding carboxylic acids is 1. The molecule has 0 saturated carbocycles. The van der Waals surface area contributed by atoms with Gasteiger partial charge in [0.2, 0.25) is 0 Å². The van der Waals surface area contributed by atoms with Crippen LogP contribution in [0, 0.1) is 17.0 Å². The van der Waals surface area contributed by atoms with Gasteiger partial charge in [-0.1, -0.05) is 17.7 Å². The summed E-state index contributed by atoms with van der Waals surface area (Å²) in [5.74, 6) is -0.331. The number of benzene rings is 3. The summed E-state index contributed by atoms with van der Waals surface area (Å²) in [6, 6.07) is 20.7. The molecule has 0 N–H and O–H groups in total. The highest BCUT2D eigenvalue weighted by molar-refractivity contribution is 5.89. The quantitative estimate of drug-likeness (QED) is 0.179. The number of anilines is 1. The van der Waals surface area contributed by atoms with Gasteiger partial charge in [-0.25, -0.2) is 4.79 Å². The van der Waals surface area contributed by atoms with Crippen LogP contribution in [0.2, 0.25) is 0 Å². The van der Waals surface area contributed by atoms with E-state index < -0.39 is 4.92 Å². The summed E-state index contributed by atoms with van der Waals surface area (Å²) in [6.07, 6.45) is 0. The second-order valence-corrected chi connectivity index (χ2v) is 7.07. The summed E-state index contributed by atoms with van der Waals surface area (Å²) in [5.41, 5.74) is 3.82. The maximum Gasteiger partial charge on any atom is 0.338 e. The van der Waals surface area contributed by atoms with Crippen molar-refractivity contribution < 1.29 is 14.5 Å². The molecule has 0 aromatic heterocycles. The lowest BCUT2D eigenvalue weighted by atomic mass is 10.1. The molecule has 3 aromatic carbocycles. The molecule has 8 nitrogen and oxygen atoms in total. The molecule has 164 valence electrons. The number of likely N-dealkylation sites (N-methyl/N-ethyl adjacent to an activating group) is 1. The first kappa shape index (κ1) is 22.6.